The highest BCUT2D eigenvalue weighted by molar-refractivity contribution is 6.42. The van der Waals surface area contributed by atoms with Crippen LogP contribution in [-0.4, -0.2) is 31.3 Å². The van der Waals surface area contributed by atoms with Crippen LogP contribution in [0, 0.1) is 0 Å². The van der Waals surface area contributed by atoms with E-state index in [1.165, 1.54) is 0 Å². The van der Waals surface area contributed by atoms with Gasteiger partial charge in [0, 0.05) is 19.4 Å². The van der Waals surface area contributed by atoms with Crippen molar-refractivity contribution in [3.05, 3.63) is 33.8 Å². The fourth-order valence-corrected chi connectivity index (χ4v) is 1.72. The summed E-state index contributed by atoms with van der Waals surface area (Å²) in [5, 5.41) is 0.988. The number of carbonyl (C=O) groups is 1. The van der Waals surface area contributed by atoms with Crippen molar-refractivity contribution in [1.29, 1.82) is 0 Å². The van der Waals surface area contributed by atoms with Gasteiger partial charge in [-0.05, 0) is 25.7 Å². The number of hydrogen-bond donors (Lipinski definition) is 0. The van der Waals surface area contributed by atoms with Gasteiger partial charge in [-0.2, -0.15) is 0 Å². The first-order valence-electron chi connectivity index (χ1n) is 5.10. The Morgan fingerprint density at radius 1 is 1.31 bits per heavy atom. The molecule has 0 unspecified atom stereocenters. The molecule has 0 amide bonds. The fourth-order valence-electron chi connectivity index (χ4n) is 1.33. The predicted molar refractivity (Wildman–Crippen MR) is 68.3 cm³/mol. The highest BCUT2D eigenvalue weighted by atomic mass is 35.5. The molecule has 0 saturated carbocycles. The normalized spacial score (nSPS) is 10.8. The topological polar surface area (TPSA) is 20.3 Å². The van der Waals surface area contributed by atoms with Gasteiger partial charge in [0.15, 0.2) is 0 Å². The predicted octanol–water partition coefficient (Wildman–Crippen LogP) is 3.06. The van der Waals surface area contributed by atoms with Crippen LogP contribution in [0.15, 0.2) is 18.2 Å². The molecule has 1 aromatic carbocycles. The average molecular weight is 260 g/mol. The maximum absolute atomic E-state index is 11.7. The van der Waals surface area contributed by atoms with Gasteiger partial charge in [-0.3, -0.25) is 4.79 Å². The molecule has 2 nitrogen and oxygen atoms in total. The second-order valence-corrected chi connectivity index (χ2v) is 4.77. The van der Waals surface area contributed by atoms with Gasteiger partial charge in [-0.15, -0.1) is 0 Å². The van der Waals surface area contributed by atoms with Crippen LogP contribution in [0.2, 0.25) is 10.0 Å². The standard InChI is InChI=1S/C12H15Cl2NO/c1-15(2)7-6-10(16)8-9-4-3-5-11(13)12(9)14/h3-5H,6-8H2,1-2H3. The molecule has 0 bridgehead atoms. The lowest BCUT2D eigenvalue weighted by Gasteiger charge is -2.09. The van der Waals surface area contributed by atoms with E-state index in [1.54, 1.807) is 6.07 Å². The molecule has 0 aromatic heterocycles. The summed E-state index contributed by atoms with van der Waals surface area (Å²) in [5.74, 6) is 0.179. The number of Topliss-reactive ketones (excluding diaryl/α,β-unsaturated/α-hetero) is 1. The van der Waals surface area contributed by atoms with Crippen molar-refractivity contribution in [2.24, 2.45) is 0 Å². The summed E-state index contributed by atoms with van der Waals surface area (Å²) in [4.78, 5) is 13.6. The minimum absolute atomic E-state index is 0.179. The summed E-state index contributed by atoms with van der Waals surface area (Å²) in [6.45, 7) is 0.761. The number of nitrogens with zero attached hydrogens (tertiary/aromatic N) is 1. The Labute approximate surface area is 106 Å². The molecule has 0 fully saturated rings. The molecule has 1 rings (SSSR count). The largest absolute Gasteiger partial charge is 0.309 e. The van der Waals surface area contributed by atoms with Crippen LogP contribution < -0.4 is 0 Å². The maximum atomic E-state index is 11.7. The molecular weight excluding hydrogens is 245 g/mol. The van der Waals surface area contributed by atoms with Gasteiger partial charge in [0.1, 0.15) is 5.78 Å². The number of benzene rings is 1. The van der Waals surface area contributed by atoms with E-state index >= 15 is 0 Å². The molecule has 0 aliphatic heterocycles. The third-order valence-electron chi connectivity index (χ3n) is 2.26. The van der Waals surface area contributed by atoms with E-state index in [4.69, 9.17) is 23.2 Å². The van der Waals surface area contributed by atoms with Crippen LogP contribution in [0.3, 0.4) is 0 Å². The molecule has 0 radical (unpaired) electrons. The summed E-state index contributed by atoms with van der Waals surface area (Å²) < 4.78 is 0. The highest BCUT2D eigenvalue weighted by Gasteiger charge is 2.09. The second kappa shape index (κ2) is 6.24. The molecular formula is C12H15Cl2NO. The third-order valence-corrected chi connectivity index (χ3v) is 3.12. The number of ketones is 1. The van der Waals surface area contributed by atoms with Crippen molar-refractivity contribution >= 4 is 29.0 Å². The van der Waals surface area contributed by atoms with E-state index in [-0.39, 0.29) is 5.78 Å². The van der Waals surface area contributed by atoms with Crippen LogP contribution >= 0.6 is 23.2 Å². The van der Waals surface area contributed by atoms with E-state index in [2.05, 4.69) is 0 Å². The monoisotopic (exact) mass is 259 g/mol. The molecule has 88 valence electrons. The maximum Gasteiger partial charge on any atom is 0.138 e. The van der Waals surface area contributed by atoms with Crippen LogP contribution in [0.25, 0.3) is 0 Å². The zero-order valence-corrected chi connectivity index (χ0v) is 11.0. The van der Waals surface area contributed by atoms with Gasteiger partial charge >= 0.3 is 0 Å². The van der Waals surface area contributed by atoms with Gasteiger partial charge in [-0.1, -0.05) is 35.3 Å². The van der Waals surface area contributed by atoms with Crippen LogP contribution in [0.4, 0.5) is 0 Å². The molecule has 0 spiro atoms. The summed E-state index contributed by atoms with van der Waals surface area (Å²) in [5.41, 5.74) is 0.804. The lowest BCUT2D eigenvalue weighted by Crippen LogP contribution is -2.17. The first kappa shape index (κ1) is 13.5. The molecule has 0 aliphatic carbocycles. The number of halogens is 2. The third kappa shape index (κ3) is 4.12. The first-order chi connectivity index (χ1) is 7.50. The Morgan fingerprint density at radius 3 is 2.62 bits per heavy atom. The Morgan fingerprint density at radius 2 is 2.00 bits per heavy atom. The van der Waals surface area contributed by atoms with Crippen molar-refractivity contribution in [3.63, 3.8) is 0 Å². The molecule has 16 heavy (non-hydrogen) atoms. The minimum Gasteiger partial charge on any atom is -0.309 e. The van der Waals surface area contributed by atoms with Crippen molar-refractivity contribution in [2.45, 2.75) is 12.8 Å². The van der Waals surface area contributed by atoms with Crippen molar-refractivity contribution in [2.75, 3.05) is 20.6 Å². The van der Waals surface area contributed by atoms with Crippen LogP contribution in [0.5, 0.6) is 0 Å². The smallest absolute Gasteiger partial charge is 0.138 e. The highest BCUT2D eigenvalue weighted by Crippen LogP contribution is 2.26. The Balaban J connectivity index is 2.59. The molecule has 0 aliphatic rings. The molecule has 4 heteroatoms. The van der Waals surface area contributed by atoms with Gasteiger partial charge < -0.3 is 4.90 Å². The van der Waals surface area contributed by atoms with Crippen molar-refractivity contribution < 1.29 is 4.79 Å². The molecule has 0 heterocycles. The van der Waals surface area contributed by atoms with E-state index in [0.29, 0.717) is 22.9 Å². The fraction of sp³-hybridized carbons (Fsp3) is 0.417. The molecule has 1 aromatic rings. The average Bonchev–Trinajstić information content (AvgIpc) is 2.22. The molecule has 0 N–H and O–H groups in total. The second-order valence-electron chi connectivity index (χ2n) is 3.98. The van der Waals surface area contributed by atoms with E-state index in [9.17, 15) is 4.79 Å². The Hall–Kier alpha value is -0.570. The first-order valence-corrected chi connectivity index (χ1v) is 5.85. The zero-order valence-electron chi connectivity index (χ0n) is 9.46. The molecule has 0 atom stereocenters. The Kier molecular flexibility index (Phi) is 5.26. The minimum atomic E-state index is 0.179. The van der Waals surface area contributed by atoms with Crippen molar-refractivity contribution in [1.82, 2.24) is 4.90 Å². The lowest BCUT2D eigenvalue weighted by atomic mass is 10.1. The van der Waals surface area contributed by atoms with Gasteiger partial charge in [0.05, 0.1) is 10.0 Å². The number of carbonyl (C=O) groups excluding carboxylic acids is 1. The van der Waals surface area contributed by atoms with Crippen molar-refractivity contribution in [3.8, 4) is 0 Å². The van der Waals surface area contributed by atoms with E-state index in [0.717, 1.165) is 12.1 Å². The van der Waals surface area contributed by atoms with E-state index in [1.807, 2.05) is 31.1 Å². The summed E-state index contributed by atoms with van der Waals surface area (Å²) in [6, 6.07) is 5.36. The van der Waals surface area contributed by atoms with Crippen LogP contribution in [-0.2, 0) is 11.2 Å². The van der Waals surface area contributed by atoms with E-state index < -0.39 is 0 Å². The zero-order chi connectivity index (χ0) is 12.1. The summed E-state index contributed by atoms with van der Waals surface area (Å²) in [7, 11) is 3.89. The number of rotatable bonds is 5. The summed E-state index contributed by atoms with van der Waals surface area (Å²) in [6.07, 6.45) is 0.892. The van der Waals surface area contributed by atoms with Gasteiger partial charge in [0.2, 0.25) is 0 Å². The van der Waals surface area contributed by atoms with Gasteiger partial charge in [0.25, 0.3) is 0 Å². The Bertz CT molecular complexity index is 377. The molecule has 0 saturated heterocycles. The lowest BCUT2D eigenvalue weighted by molar-refractivity contribution is -0.118. The summed E-state index contributed by atoms with van der Waals surface area (Å²) >= 11 is 11.9. The van der Waals surface area contributed by atoms with Crippen LogP contribution in [0.1, 0.15) is 12.0 Å². The van der Waals surface area contributed by atoms with Gasteiger partial charge in [-0.25, -0.2) is 0 Å². The SMILES string of the molecule is CN(C)CCC(=O)Cc1cccc(Cl)c1Cl. The quantitative estimate of drug-likeness (QED) is 0.811. The number of hydrogen-bond acceptors (Lipinski definition) is 2.